The summed E-state index contributed by atoms with van der Waals surface area (Å²) in [5, 5.41) is 3.78. The maximum atomic E-state index is 14.3. The molecule has 0 aliphatic carbocycles. The number of pyridine rings is 2. The lowest BCUT2D eigenvalue weighted by Crippen LogP contribution is -2.19. The second kappa shape index (κ2) is 7.46. The van der Waals surface area contributed by atoms with E-state index in [1.807, 2.05) is 0 Å². The molecule has 0 aliphatic rings. The largest absolute Gasteiger partial charge is 0.478 e. The number of methoxy groups -OCH3 is 1. The predicted octanol–water partition coefficient (Wildman–Crippen LogP) is 3.44. The Morgan fingerprint density at radius 1 is 1.29 bits per heavy atom. The van der Waals surface area contributed by atoms with E-state index in [4.69, 9.17) is 16.3 Å². The highest BCUT2D eigenvalue weighted by molar-refractivity contribution is 6.30. The fourth-order valence-corrected chi connectivity index (χ4v) is 2.14. The fraction of sp³-hybridized carbons (Fsp3) is 0.200. The monoisotopic (exact) mass is 420 g/mol. The third-order valence-electron chi connectivity index (χ3n) is 3.14. The van der Waals surface area contributed by atoms with Crippen LogP contribution in [0, 0.1) is 5.82 Å². The van der Waals surface area contributed by atoms with Gasteiger partial charge in [-0.1, -0.05) is 11.6 Å². The molecular formula is C15H9ClF4N4O4. The predicted molar refractivity (Wildman–Crippen MR) is 85.2 cm³/mol. The molecule has 0 fully saturated rings. The smallest absolute Gasteiger partial charge is 0.422 e. The van der Waals surface area contributed by atoms with E-state index in [1.165, 1.54) is 0 Å². The fourth-order valence-electron chi connectivity index (χ4n) is 1.99. The highest BCUT2D eigenvalue weighted by Gasteiger charge is 2.29. The van der Waals surface area contributed by atoms with Gasteiger partial charge in [-0.25, -0.2) is 23.7 Å². The Labute approximate surface area is 158 Å². The van der Waals surface area contributed by atoms with Crippen molar-refractivity contribution in [1.82, 2.24) is 19.6 Å². The van der Waals surface area contributed by atoms with E-state index >= 15 is 0 Å². The van der Waals surface area contributed by atoms with E-state index in [-0.39, 0.29) is 16.5 Å². The van der Waals surface area contributed by atoms with E-state index in [0.29, 0.717) is 0 Å². The van der Waals surface area contributed by atoms with Gasteiger partial charge >= 0.3 is 12.1 Å². The average Bonchev–Trinajstić information content (AvgIpc) is 3.03. The molecule has 3 aromatic rings. The zero-order valence-corrected chi connectivity index (χ0v) is 14.6. The average molecular weight is 421 g/mol. The number of ether oxygens (including phenoxy) is 3. The molecule has 0 bridgehead atoms. The number of carbonyl (C=O) groups is 1. The van der Waals surface area contributed by atoms with Gasteiger partial charge in [-0.05, 0) is 0 Å². The van der Waals surface area contributed by atoms with Gasteiger partial charge in [-0.2, -0.15) is 13.2 Å². The standard InChI is InChI=1S/C15H9ClF4N4O4/c1-26-14(25)12-22-11-3-8(17)10(5-24(11)23-12)28-13-9(2-7(16)4-21-13)27-6-15(18,19)20/h2-5H,6H2,1H3. The van der Waals surface area contributed by atoms with Crippen molar-refractivity contribution in [3.05, 3.63) is 41.2 Å². The van der Waals surface area contributed by atoms with Crippen LogP contribution in [0.2, 0.25) is 5.02 Å². The molecule has 0 saturated carbocycles. The summed E-state index contributed by atoms with van der Waals surface area (Å²) in [4.78, 5) is 18.9. The van der Waals surface area contributed by atoms with Crippen molar-refractivity contribution in [2.75, 3.05) is 13.7 Å². The van der Waals surface area contributed by atoms with E-state index < -0.39 is 41.9 Å². The number of nitrogens with zero attached hydrogens (tertiary/aromatic N) is 4. The Kier molecular flexibility index (Phi) is 5.23. The Hall–Kier alpha value is -3.15. The SMILES string of the molecule is COC(=O)c1nc2cc(F)c(Oc3ncc(Cl)cc3OCC(F)(F)F)cn2n1. The van der Waals surface area contributed by atoms with Crippen LogP contribution in [0.15, 0.2) is 24.5 Å². The first-order valence-electron chi connectivity index (χ1n) is 7.33. The highest BCUT2D eigenvalue weighted by atomic mass is 35.5. The van der Waals surface area contributed by atoms with Gasteiger partial charge in [0.1, 0.15) is 0 Å². The number of esters is 1. The molecule has 3 rings (SSSR count). The van der Waals surface area contributed by atoms with Crippen LogP contribution in [0.5, 0.6) is 17.4 Å². The number of carbonyl (C=O) groups excluding carboxylic acids is 1. The van der Waals surface area contributed by atoms with Crippen molar-refractivity contribution >= 4 is 23.2 Å². The van der Waals surface area contributed by atoms with Crippen molar-refractivity contribution in [3.8, 4) is 17.4 Å². The molecular weight excluding hydrogens is 412 g/mol. The molecule has 0 aromatic carbocycles. The summed E-state index contributed by atoms with van der Waals surface area (Å²) >= 11 is 5.71. The number of hydrogen-bond acceptors (Lipinski definition) is 7. The first kappa shape index (κ1) is 19.6. The third-order valence-corrected chi connectivity index (χ3v) is 3.35. The molecule has 0 unspecified atom stereocenters. The van der Waals surface area contributed by atoms with Crippen LogP contribution in [-0.2, 0) is 4.74 Å². The van der Waals surface area contributed by atoms with Crippen LogP contribution in [0.3, 0.4) is 0 Å². The summed E-state index contributed by atoms with van der Waals surface area (Å²) < 4.78 is 66.8. The Morgan fingerprint density at radius 2 is 2.04 bits per heavy atom. The molecule has 0 N–H and O–H groups in total. The van der Waals surface area contributed by atoms with Crippen LogP contribution in [0.4, 0.5) is 17.6 Å². The zero-order chi connectivity index (χ0) is 20.5. The third kappa shape index (κ3) is 4.39. The summed E-state index contributed by atoms with van der Waals surface area (Å²) in [5.41, 5.74) is -0.0251. The quantitative estimate of drug-likeness (QED) is 0.461. The number of halogens is 5. The van der Waals surface area contributed by atoms with Gasteiger partial charge in [0, 0.05) is 18.3 Å². The molecule has 148 valence electrons. The van der Waals surface area contributed by atoms with Gasteiger partial charge in [0.15, 0.2) is 29.6 Å². The van der Waals surface area contributed by atoms with Crippen LogP contribution in [-0.4, -0.2) is 45.4 Å². The number of alkyl halides is 3. The summed E-state index contributed by atoms with van der Waals surface area (Å²) in [7, 11) is 1.12. The molecule has 28 heavy (non-hydrogen) atoms. The van der Waals surface area contributed by atoms with Crippen LogP contribution in [0.25, 0.3) is 5.65 Å². The van der Waals surface area contributed by atoms with Crippen molar-refractivity contribution in [3.63, 3.8) is 0 Å². The van der Waals surface area contributed by atoms with Gasteiger partial charge in [0.2, 0.25) is 0 Å². The van der Waals surface area contributed by atoms with E-state index in [2.05, 4.69) is 24.5 Å². The summed E-state index contributed by atoms with van der Waals surface area (Å²) in [6.45, 7) is -1.63. The van der Waals surface area contributed by atoms with E-state index in [9.17, 15) is 22.4 Å². The number of hydrogen-bond donors (Lipinski definition) is 0. The van der Waals surface area contributed by atoms with Gasteiger partial charge in [0.25, 0.3) is 11.7 Å². The topological polar surface area (TPSA) is 87.8 Å². The van der Waals surface area contributed by atoms with Crippen molar-refractivity contribution in [2.24, 2.45) is 0 Å². The Bertz CT molecular complexity index is 1040. The van der Waals surface area contributed by atoms with E-state index in [0.717, 1.165) is 36.2 Å². The molecule has 0 spiro atoms. The van der Waals surface area contributed by atoms with Gasteiger partial charge in [-0.15, -0.1) is 5.10 Å². The maximum Gasteiger partial charge on any atom is 0.422 e. The highest BCUT2D eigenvalue weighted by Crippen LogP contribution is 2.33. The van der Waals surface area contributed by atoms with Crippen molar-refractivity contribution < 1.29 is 36.6 Å². The van der Waals surface area contributed by atoms with Crippen LogP contribution < -0.4 is 9.47 Å². The first-order chi connectivity index (χ1) is 13.2. The summed E-state index contributed by atoms with van der Waals surface area (Å²) in [6, 6.07) is 1.94. The number of fused-ring (bicyclic) bond motifs is 1. The van der Waals surface area contributed by atoms with Crippen molar-refractivity contribution in [2.45, 2.75) is 6.18 Å². The normalized spacial score (nSPS) is 11.5. The van der Waals surface area contributed by atoms with E-state index in [1.54, 1.807) is 0 Å². The van der Waals surface area contributed by atoms with Gasteiger partial charge < -0.3 is 14.2 Å². The molecule has 0 amide bonds. The second-order valence-electron chi connectivity index (χ2n) is 5.18. The van der Waals surface area contributed by atoms with Gasteiger partial charge in [-0.3, -0.25) is 0 Å². The van der Waals surface area contributed by atoms with Crippen LogP contribution >= 0.6 is 11.6 Å². The molecule has 13 heteroatoms. The number of rotatable bonds is 5. The molecule has 3 heterocycles. The minimum absolute atomic E-state index is 0.0144. The molecule has 3 aromatic heterocycles. The Morgan fingerprint density at radius 3 is 2.71 bits per heavy atom. The first-order valence-corrected chi connectivity index (χ1v) is 7.71. The lowest BCUT2D eigenvalue weighted by Gasteiger charge is -2.13. The minimum Gasteiger partial charge on any atom is -0.478 e. The lowest BCUT2D eigenvalue weighted by molar-refractivity contribution is -0.153. The molecule has 0 atom stereocenters. The number of aromatic nitrogens is 4. The maximum absolute atomic E-state index is 14.3. The minimum atomic E-state index is -4.62. The molecule has 0 aliphatic heterocycles. The molecule has 8 nitrogen and oxygen atoms in total. The zero-order valence-electron chi connectivity index (χ0n) is 13.8. The Balaban J connectivity index is 1.93. The lowest BCUT2D eigenvalue weighted by atomic mass is 10.4. The molecule has 0 saturated heterocycles. The summed E-state index contributed by atoms with van der Waals surface area (Å²) in [5.74, 6) is -3.46. The van der Waals surface area contributed by atoms with Crippen LogP contribution in [0.1, 0.15) is 10.6 Å². The van der Waals surface area contributed by atoms with Crippen molar-refractivity contribution in [1.29, 1.82) is 0 Å². The molecule has 0 radical (unpaired) electrons. The second-order valence-corrected chi connectivity index (χ2v) is 5.61. The summed E-state index contributed by atoms with van der Waals surface area (Å²) in [6.07, 6.45) is -2.51. The van der Waals surface area contributed by atoms with Gasteiger partial charge in [0.05, 0.1) is 18.3 Å².